The van der Waals surface area contributed by atoms with Gasteiger partial charge >= 0.3 is 0 Å². The molecule has 1 aliphatic heterocycles. The molecule has 144 valence electrons. The number of piperidine rings is 1. The molecule has 2 amide bonds. The van der Waals surface area contributed by atoms with E-state index in [9.17, 15) is 9.59 Å². The third-order valence-corrected chi connectivity index (χ3v) is 5.57. The Balaban J connectivity index is 1.38. The number of amides is 2. The first-order valence-electron chi connectivity index (χ1n) is 9.36. The molecule has 0 bridgehead atoms. The van der Waals surface area contributed by atoms with E-state index in [1.54, 1.807) is 36.6 Å². The van der Waals surface area contributed by atoms with Gasteiger partial charge in [0.05, 0.1) is 18.4 Å². The van der Waals surface area contributed by atoms with E-state index in [2.05, 4.69) is 10.3 Å². The first-order chi connectivity index (χ1) is 13.7. The van der Waals surface area contributed by atoms with Crippen LogP contribution < -0.4 is 5.32 Å². The van der Waals surface area contributed by atoms with Gasteiger partial charge in [0.2, 0.25) is 5.91 Å². The lowest BCUT2D eigenvalue weighted by atomic mass is 10.1. The number of carbonyl (C=O) groups is 2. The summed E-state index contributed by atoms with van der Waals surface area (Å²) < 4.78 is 5.33. The van der Waals surface area contributed by atoms with Crippen LogP contribution in [-0.2, 0) is 11.2 Å². The highest BCUT2D eigenvalue weighted by Crippen LogP contribution is 2.24. The number of benzene rings is 1. The van der Waals surface area contributed by atoms with Crippen LogP contribution in [0, 0.1) is 0 Å². The van der Waals surface area contributed by atoms with E-state index in [4.69, 9.17) is 4.42 Å². The second-order valence-electron chi connectivity index (χ2n) is 6.78. The number of anilines is 1. The molecule has 0 atom stereocenters. The lowest BCUT2D eigenvalue weighted by Crippen LogP contribution is -2.35. The number of hydrogen-bond acceptors (Lipinski definition) is 5. The first-order valence-corrected chi connectivity index (χ1v) is 10.2. The Hall–Kier alpha value is -2.93. The molecular formula is C21H21N3O3S. The van der Waals surface area contributed by atoms with E-state index in [1.807, 2.05) is 16.3 Å². The largest absolute Gasteiger partial charge is 0.462 e. The molecule has 1 N–H and O–H groups in total. The Bertz CT molecular complexity index is 959. The fourth-order valence-corrected chi connectivity index (χ4v) is 4.07. The Morgan fingerprint density at radius 3 is 2.79 bits per heavy atom. The molecular weight excluding hydrogens is 374 g/mol. The van der Waals surface area contributed by atoms with Crippen molar-refractivity contribution in [3.63, 3.8) is 0 Å². The number of hydrogen-bond donors (Lipinski definition) is 1. The molecule has 6 nitrogen and oxygen atoms in total. The minimum absolute atomic E-state index is 0.0263. The number of nitrogens with zero attached hydrogens (tertiary/aromatic N) is 2. The Morgan fingerprint density at radius 2 is 2.00 bits per heavy atom. The maximum Gasteiger partial charge on any atom is 0.253 e. The van der Waals surface area contributed by atoms with Gasteiger partial charge in [0, 0.05) is 29.7 Å². The second-order valence-corrected chi connectivity index (χ2v) is 7.64. The van der Waals surface area contributed by atoms with Gasteiger partial charge in [-0.2, -0.15) is 0 Å². The summed E-state index contributed by atoms with van der Waals surface area (Å²) in [6.07, 6.45) is 5.05. The highest BCUT2D eigenvalue weighted by molar-refractivity contribution is 7.13. The number of likely N-dealkylation sites (tertiary alicyclic amines) is 1. The van der Waals surface area contributed by atoms with Gasteiger partial charge in [-0.15, -0.1) is 11.3 Å². The van der Waals surface area contributed by atoms with Gasteiger partial charge in [-0.05, 0) is 49.6 Å². The lowest BCUT2D eigenvalue weighted by molar-refractivity contribution is -0.115. The van der Waals surface area contributed by atoms with Gasteiger partial charge in [-0.3, -0.25) is 9.59 Å². The quantitative estimate of drug-likeness (QED) is 0.702. The fourth-order valence-electron chi connectivity index (χ4n) is 3.28. The van der Waals surface area contributed by atoms with Crippen molar-refractivity contribution in [2.45, 2.75) is 25.7 Å². The van der Waals surface area contributed by atoms with E-state index >= 15 is 0 Å². The molecule has 1 aromatic carbocycles. The number of thiazole rings is 1. The smallest absolute Gasteiger partial charge is 0.253 e. The summed E-state index contributed by atoms with van der Waals surface area (Å²) in [7, 11) is 0. The number of furan rings is 1. The zero-order valence-corrected chi connectivity index (χ0v) is 16.2. The van der Waals surface area contributed by atoms with Crippen molar-refractivity contribution in [2.75, 3.05) is 18.4 Å². The molecule has 0 saturated carbocycles. The molecule has 7 heteroatoms. The van der Waals surface area contributed by atoms with E-state index in [1.165, 1.54) is 17.8 Å². The van der Waals surface area contributed by atoms with Crippen LogP contribution >= 0.6 is 11.3 Å². The molecule has 1 saturated heterocycles. The van der Waals surface area contributed by atoms with Crippen molar-refractivity contribution in [2.24, 2.45) is 0 Å². The summed E-state index contributed by atoms with van der Waals surface area (Å²) in [5, 5.41) is 5.47. The number of rotatable bonds is 5. The van der Waals surface area contributed by atoms with Gasteiger partial charge in [0.15, 0.2) is 10.8 Å². The fraction of sp³-hybridized carbons (Fsp3) is 0.286. The Labute approximate surface area is 167 Å². The maximum absolute atomic E-state index is 12.6. The summed E-state index contributed by atoms with van der Waals surface area (Å²) in [6.45, 7) is 1.61. The zero-order chi connectivity index (χ0) is 19.3. The van der Waals surface area contributed by atoms with E-state index in [0.717, 1.165) is 30.9 Å². The van der Waals surface area contributed by atoms with Gasteiger partial charge in [0.1, 0.15) is 0 Å². The normalized spacial score (nSPS) is 14.1. The molecule has 0 aliphatic carbocycles. The van der Waals surface area contributed by atoms with Crippen LogP contribution in [-0.4, -0.2) is 34.8 Å². The standard InChI is InChI=1S/C21H21N3O3S/c25-19(13-17-14-28-20(23-17)18-8-5-11-27-18)22-16-7-4-6-15(12-16)21(26)24-9-2-1-3-10-24/h4-8,11-12,14H,1-3,9-10,13H2,(H,22,25). The van der Waals surface area contributed by atoms with Crippen molar-refractivity contribution >= 4 is 28.8 Å². The highest BCUT2D eigenvalue weighted by Gasteiger charge is 2.18. The molecule has 1 fully saturated rings. The Morgan fingerprint density at radius 1 is 1.14 bits per heavy atom. The molecule has 1 aliphatic rings. The third-order valence-electron chi connectivity index (χ3n) is 4.66. The predicted octanol–water partition coefficient (Wildman–Crippen LogP) is 4.21. The maximum atomic E-state index is 12.6. The van der Waals surface area contributed by atoms with Gasteiger partial charge in [0.25, 0.3) is 5.91 Å². The van der Waals surface area contributed by atoms with Crippen LogP contribution in [0.1, 0.15) is 35.3 Å². The minimum atomic E-state index is -0.168. The van der Waals surface area contributed by atoms with Gasteiger partial charge < -0.3 is 14.6 Å². The van der Waals surface area contributed by atoms with Crippen molar-refractivity contribution in [1.29, 1.82) is 0 Å². The lowest BCUT2D eigenvalue weighted by Gasteiger charge is -2.26. The van der Waals surface area contributed by atoms with Crippen molar-refractivity contribution < 1.29 is 14.0 Å². The summed E-state index contributed by atoms with van der Waals surface area (Å²) in [4.78, 5) is 31.4. The average molecular weight is 395 g/mol. The molecule has 2 aromatic heterocycles. The summed E-state index contributed by atoms with van der Waals surface area (Å²) >= 11 is 1.44. The monoisotopic (exact) mass is 395 g/mol. The second kappa shape index (κ2) is 8.39. The van der Waals surface area contributed by atoms with E-state index in [-0.39, 0.29) is 18.2 Å². The van der Waals surface area contributed by atoms with Gasteiger partial charge in [-0.1, -0.05) is 6.07 Å². The van der Waals surface area contributed by atoms with Crippen LogP contribution in [0.5, 0.6) is 0 Å². The topological polar surface area (TPSA) is 75.4 Å². The molecule has 28 heavy (non-hydrogen) atoms. The average Bonchev–Trinajstić information content (AvgIpc) is 3.40. The molecule has 3 aromatic rings. The van der Waals surface area contributed by atoms with E-state index in [0.29, 0.717) is 22.7 Å². The SMILES string of the molecule is O=C(Cc1csc(-c2ccco2)n1)Nc1cccc(C(=O)N2CCCCC2)c1. The minimum Gasteiger partial charge on any atom is -0.462 e. The van der Waals surface area contributed by atoms with Crippen LogP contribution in [0.15, 0.2) is 52.5 Å². The van der Waals surface area contributed by atoms with Crippen LogP contribution in [0.3, 0.4) is 0 Å². The van der Waals surface area contributed by atoms with Crippen LogP contribution in [0.25, 0.3) is 10.8 Å². The number of carbonyl (C=O) groups excluding carboxylic acids is 2. The van der Waals surface area contributed by atoms with Crippen molar-refractivity contribution in [1.82, 2.24) is 9.88 Å². The molecule has 0 radical (unpaired) electrons. The molecule has 3 heterocycles. The Kier molecular flexibility index (Phi) is 5.53. The van der Waals surface area contributed by atoms with Crippen LogP contribution in [0.2, 0.25) is 0 Å². The zero-order valence-electron chi connectivity index (χ0n) is 15.4. The third kappa shape index (κ3) is 4.31. The van der Waals surface area contributed by atoms with Gasteiger partial charge in [-0.25, -0.2) is 4.98 Å². The molecule has 0 unspecified atom stereocenters. The first kappa shape index (κ1) is 18.4. The predicted molar refractivity (Wildman–Crippen MR) is 108 cm³/mol. The summed E-state index contributed by atoms with van der Waals surface area (Å²) in [6, 6.07) is 10.8. The van der Waals surface area contributed by atoms with Crippen molar-refractivity contribution in [3.05, 3.63) is 59.3 Å². The highest BCUT2D eigenvalue weighted by atomic mass is 32.1. The summed E-state index contributed by atoms with van der Waals surface area (Å²) in [5.41, 5.74) is 1.91. The molecule has 0 spiro atoms. The van der Waals surface area contributed by atoms with Crippen molar-refractivity contribution in [3.8, 4) is 10.8 Å². The summed E-state index contributed by atoms with van der Waals surface area (Å²) in [5.74, 6) is 0.554. The van der Waals surface area contributed by atoms with Crippen LogP contribution in [0.4, 0.5) is 5.69 Å². The van der Waals surface area contributed by atoms with E-state index < -0.39 is 0 Å². The number of aromatic nitrogens is 1. The number of nitrogens with one attached hydrogen (secondary N) is 1. The molecule has 4 rings (SSSR count).